The average Bonchev–Trinajstić information content (AvgIpc) is 2.61. The average molecular weight is 354 g/mol. The van der Waals surface area contributed by atoms with Crippen LogP contribution in [-0.2, 0) is 0 Å². The fourth-order valence-corrected chi connectivity index (χ4v) is 2.90. The molecule has 7 heteroatoms. The van der Waals surface area contributed by atoms with E-state index >= 15 is 0 Å². The molecule has 1 aromatic carbocycles. The van der Waals surface area contributed by atoms with Crippen molar-refractivity contribution in [2.24, 2.45) is 10.7 Å². The van der Waals surface area contributed by atoms with E-state index < -0.39 is 0 Å². The molecule has 0 saturated carbocycles. The Labute approximate surface area is 149 Å². The van der Waals surface area contributed by atoms with E-state index in [1.807, 2.05) is 6.92 Å². The summed E-state index contributed by atoms with van der Waals surface area (Å²) in [4.78, 5) is 25.5. The highest BCUT2D eigenvalue weighted by Gasteiger charge is 2.15. The Kier molecular flexibility index (Phi) is 4.63. The summed E-state index contributed by atoms with van der Waals surface area (Å²) < 4.78 is 1.53. The van der Waals surface area contributed by atoms with Crippen LogP contribution < -0.4 is 11.3 Å². The number of aliphatic imine (C=N–C) groups is 1. The van der Waals surface area contributed by atoms with Crippen molar-refractivity contribution in [3.05, 3.63) is 69.5 Å². The van der Waals surface area contributed by atoms with Crippen LogP contribution in [-0.4, -0.2) is 27.8 Å². The van der Waals surface area contributed by atoms with Gasteiger partial charge in [-0.1, -0.05) is 11.6 Å². The number of halogens is 1. The van der Waals surface area contributed by atoms with E-state index in [2.05, 4.69) is 15.0 Å². The number of allylic oxidation sites excluding steroid dienone is 1. The molecule has 2 N–H and O–H groups in total. The monoisotopic (exact) mass is 353 g/mol. The van der Waals surface area contributed by atoms with E-state index in [1.54, 1.807) is 43.9 Å². The third-order valence-corrected chi connectivity index (χ3v) is 4.05. The van der Waals surface area contributed by atoms with Gasteiger partial charge in [0.15, 0.2) is 5.52 Å². The number of nitrogens with two attached hydrogens (primary N) is 1. The lowest BCUT2D eigenvalue weighted by molar-refractivity contribution is 0.980. The second-order valence-corrected chi connectivity index (χ2v) is 5.85. The van der Waals surface area contributed by atoms with Crippen molar-refractivity contribution in [1.29, 1.82) is 0 Å². The quantitative estimate of drug-likeness (QED) is 0.733. The van der Waals surface area contributed by atoms with E-state index in [0.717, 1.165) is 5.56 Å². The number of hydrogen-bond acceptors (Lipinski definition) is 5. The molecule has 0 unspecified atom stereocenters. The second kappa shape index (κ2) is 6.86. The highest BCUT2D eigenvalue weighted by molar-refractivity contribution is 6.30. The number of rotatable bonds is 3. The molecule has 0 amide bonds. The number of pyridine rings is 1. The van der Waals surface area contributed by atoms with Gasteiger partial charge >= 0.3 is 0 Å². The van der Waals surface area contributed by atoms with Crippen molar-refractivity contribution < 1.29 is 0 Å². The summed E-state index contributed by atoms with van der Waals surface area (Å²) in [5.41, 5.74) is 9.13. The summed E-state index contributed by atoms with van der Waals surface area (Å²) in [5, 5.41) is 0.607. The van der Waals surface area contributed by atoms with Gasteiger partial charge < -0.3 is 5.73 Å². The zero-order valence-electron chi connectivity index (χ0n) is 13.8. The van der Waals surface area contributed by atoms with Crippen LogP contribution in [0.25, 0.3) is 22.3 Å². The third-order valence-electron chi connectivity index (χ3n) is 3.81. The van der Waals surface area contributed by atoms with Crippen molar-refractivity contribution in [3.8, 4) is 5.69 Å². The topological polar surface area (TPSA) is 86.2 Å². The van der Waals surface area contributed by atoms with E-state index in [0.29, 0.717) is 27.4 Å². The summed E-state index contributed by atoms with van der Waals surface area (Å²) in [7, 11) is 1.65. The van der Waals surface area contributed by atoms with Gasteiger partial charge in [0.1, 0.15) is 5.52 Å². The lowest BCUT2D eigenvalue weighted by Gasteiger charge is -2.13. The number of aryl methyl sites for hydroxylation is 1. The Morgan fingerprint density at radius 1 is 1.28 bits per heavy atom. The Hall–Kier alpha value is -2.99. The zero-order valence-corrected chi connectivity index (χ0v) is 14.5. The molecule has 3 aromatic rings. The van der Waals surface area contributed by atoms with Gasteiger partial charge in [-0.2, -0.15) is 0 Å². The minimum Gasteiger partial charge on any atom is -0.404 e. The van der Waals surface area contributed by atoms with Crippen LogP contribution in [0, 0.1) is 6.92 Å². The second-order valence-electron chi connectivity index (χ2n) is 5.41. The predicted molar refractivity (Wildman–Crippen MR) is 101 cm³/mol. The minimum atomic E-state index is -0.262. The molecular weight excluding hydrogens is 338 g/mol. The fraction of sp³-hybridized carbons (Fsp3) is 0.111. The van der Waals surface area contributed by atoms with Crippen LogP contribution >= 0.6 is 11.6 Å². The summed E-state index contributed by atoms with van der Waals surface area (Å²) >= 11 is 6.03. The maximum Gasteiger partial charge on any atom is 0.283 e. The molecule has 6 nitrogen and oxygen atoms in total. The summed E-state index contributed by atoms with van der Waals surface area (Å²) in [6.07, 6.45) is 7.79. The van der Waals surface area contributed by atoms with Crippen LogP contribution in [0.2, 0.25) is 5.02 Å². The van der Waals surface area contributed by atoms with Crippen LogP contribution in [0.5, 0.6) is 0 Å². The van der Waals surface area contributed by atoms with Crippen LogP contribution in [0.15, 0.2) is 52.8 Å². The van der Waals surface area contributed by atoms with Crippen molar-refractivity contribution >= 4 is 34.4 Å². The Morgan fingerprint density at radius 2 is 2.00 bits per heavy atom. The standard InChI is InChI=1S/C18H16ClN5O/c1-11-7-13(19)3-4-15(11)24-10-14(12(8-20)9-21-2)16-17(18(24)25)23-6-5-22-16/h3-10H,20H2,1-2H3. The van der Waals surface area contributed by atoms with Gasteiger partial charge in [-0.25, -0.2) is 4.98 Å². The molecule has 126 valence electrons. The largest absolute Gasteiger partial charge is 0.404 e. The first kappa shape index (κ1) is 16.9. The molecule has 0 fully saturated rings. The number of aromatic nitrogens is 3. The summed E-state index contributed by atoms with van der Waals surface area (Å²) in [5.74, 6) is 0. The van der Waals surface area contributed by atoms with E-state index in [1.165, 1.54) is 17.0 Å². The first-order chi connectivity index (χ1) is 12.1. The molecule has 2 aromatic heterocycles. The SMILES string of the molecule is CN=CC(=CN)c1cn(-c2ccc(Cl)cc2C)c(=O)c2nccnc12. The van der Waals surface area contributed by atoms with Crippen LogP contribution in [0.1, 0.15) is 11.1 Å². The van der Waals surface area contributed by atoms with Gasteiger partial charge in [0.25, 0.3) is 5.56 Å². The molecule has 0 bridgehead atoms. The third kappa shape index (κ3) is 3.04. The molecule has 0 spiro atoms. The molecule has 25 heavy (non-hydrogen) atoms. The van der Waals surface area contributed by atoms with Crippen LogP contribution in [0.4, 0.5) is 0 Å². The first-order valence-electron chi connectivity index (χ1n) is 7.54. The molecule has 0 radical (unpaired) electrons. The molecule has 3 rings (SSSR count). The number of nitrogens with zero attached hydrogens (tertiary/aromatic N) is 4. The molecule has 0 saturated heterocycles. The maximum absolute atomic E-state index is 12.9. The van der Waals surface area contributed by atoms with Gasteiger partial charge in [0.05, 0.1) is 5.69 Å². The molecule has 0 aliphatic carbocycles. The molecule has 0 atom stereocenters. The Bertz CT molecular complexity index is 1070. The molecule has 0 aliphatic heterocycles. The first-order valence-corrected chi connectivity index (χ1v) is 7.92. The lowest BCUT2D eigenvalue weighted by Crippen LogP contribution is -2.21. The summed E-state index contributed by atoms with van der Waals surface area (Å²) in [6, 6.07) is 5.34. The van der Waals surface area contributed by atoms with Gasteiger partial charge in [0, 0.05) is 54.2 Å². The Balaban J connectivity index is 2.42. The highest BCUT2D eigenvalue weighted by Crippen LogP contribution is 2.23. The lowest BCUT2D eigenvalue weighted by atomic mass is 10.1. The zero-order chi connectivity index (χ0) is 18.0. The van der Waals surface area contributed by atoms with Crippen molar-refractivity contribution in [1.82, 2.24) is 14.5 Å². The van der Waals surface area contributed by atoms with Crippen molar-refractivity contribution in [2.45, 2.75) is 6.92 Å². The number of hydrogen-bond donors (Lipinski definition) is 1. The van der Waals surface area contributed by atoms with Gasteiger partial charge in [-0.3, -0.25) is 19.3 Å². The number of fused-ring (bicyclic) bond motifs is 1. The fourth-order valence-electron chi connectivity index (χ4n) is 2.68. The smallest absolute Gasteiger partial charge is 0.283 e. The van der Waals surface area contributed by atoms with Crippen LogP contribution in [0.3, 0.4) is 0 Å². The summed E-state index contributed by atoms with van der Waals surface area (Å²) in [6.45, 7) is 1.89. The van der Waals surface area contributed by atoms with Crippen molar-refractivity contribution in [2.75, 3.05) is 7.05 Å². The maximum atomic E-state index is 12.9. The Morgan fingerprint density at radius 3 is 2.64 bits per heavy atom. The van der Waals surface area contributed by atoms with Gasteiger partial charge in [-0.15, -0.1) is 0 Å². The molecule has 2 heterocycles. The van der Waals surface area contributed by atoms with Gasteiger partial charge in [0.2, 0.25) is 0 Å². The van der Waals surface area contributed by atoms with E-state index in [9.17, 15) is 4.79 Å². The molecule has 0 aliphatic rings. The predicted octanol–water partition coefficient (Wildman–Crippen LogP) is 2.74. The van der Waals surface area contributed by atoms with E-state index in [-0.39, 0.29) is 11.1 Å². The highest BCUT2D eigenvalue weighted by atomic mass is 35.5. The number of benzene rings is 1. The van der Waals surface area contributed by atoms with Gasteiger partial charge in [-0.05, 0) is 30.7 Å². The normalized spacial score (nSPS) is 12.2. The van der Waals surface area contributed by atoms with E-state index in [4.69, 9.17) is 17.3 Å². The molecular formula is C18H16ClN5O. The minimum absolute atomic E-state index is 0.262. The van der Waals surface area contributed by atoms with Crippen molar-refractivity contribution in [3.63, 3.8) is 0 Å².